The quantitative estimate of drug-likeness (QED) is 0.734. The molecule has 0 fully saturated rings. The molecule has 0 radical (unpaired) electrons. The minimum Gasteiger partial charge on any atom is -0.268 e. The van der Waals surface area contributed by atoms with E-state index < -0.39 is 23.4 Å². The SMILES string of the molecule is CCSC1=C(c2ccc(C)cc2C)C(=O)N(c2ccc(F)cc2F)C1=O. The van der Waals surface area contributed by atoms with Crippen molar-refractivity contribution in [2.75, 3.05) is 10.7 Å². The lowest BCUT2D eigenvalue weighted by atomic mass is 9.99. The largest absolute Gasteiger partial charge is 0.272 e. The molecule has 0 saturated heterocycles. The predicted molar refractivity (Wildman–Crippen MR) is 99.8 cm³/mol. The molecule has 0 atom stereocenters. The zero-order valence-electron chi connectivity index (χ0n) is 14.6. The fraction of sp³-hybridized carbons (Fsp3) is 0.200. The number of carbonyl (C=O) groups excluding carboxylic acids is 2. The molecule has 0 aromatic heterocycles. The van der Waals surface area contributed by atoms with Gasteiger partial charge < -0.3 is 0 Å². The highest BCUT2D eigenvalue weighted by molar-refractivity contribution is 8.04. The molecule has 1 heterocycles. The van der Waals surface area contributed by atoms with Gasteiger partial charge >= 0.3 is 0 Å². The monoisotopic (exact) mass is 373 g/mol. The molecule has 0 N–H and O–H groups in total. The summed E-state index contributed by atoms with van der Waals surface area (Å²) in [6, 6.07) is 8.39. The second kappa shape index (κ2) is 7.03. The van der Waals surface area contributed by atoms with Gasteiger partial charge in [-0.2, -0.15) is 0 Å². The summed E-state index contributed by atoms with van der Waals surface area (Å²) >= 11 is 1.25. The summed E-state index contributed by atoms with van der Waals surface area (Å²) in [5.74, 6) is -2.31. The number of hydrogen-bond donors (Lipinski definition) is 0. The Labute approximate surface area is 154 Å². The summed E-state index contributed by atoms with van der Waals surface area (Å²) in [4.78, 5) is 27.0. The molecule has 3 nitrogen and oxygen atoms in total. The van der Waals surface area contributed by atoms with Crippen LogP contribution >= 0.6 is 11.8 Å². The van der Waals surface area contributed by atoms with Crippen LogP contribution in [0.25, 0.3) is 5.57 Å². The molecule has 6 heteroatoms. The molecule has 1 aliphatic heterocycles. The van der Waals surface area contributed by atoms with Gasteiger partial charge in [-0.15, -0.1) is 11.8 Å². The number of amides is 2. The van der Waals surface area contributed by atoms with Crippen LogP contribution in [0.5, 0.6) is 0 Å². The maximum Gasteiger partial charge on any atom is 0.272 e. The molecular weight excluding hydrogens is 356 g/mol. The number of halogens is 2. The third-order valence-corrected chi connectivity index (χ3v) is 5.09. The Morgan fingerprint density at radius 1 is 1.00 bits per heavy atom. The molecule has 0 bridgehead atoms. The first-order valence-corrected chi connectivity index (χ1v) is 9.12. The van der Waals surface area contributed by atoms with Crippen molar-refractivity contribution in [1.82, 2.24) is 0 Å². The van der Waals surface area contributed by atoms with E-state index in [0.29, 0.717) is 17.4 Å². The first kappa shape index (κ1) is 18.3. The highest BCUT2D eigenvalue weighted by atomic mass is 32.2. The number of benzene rings is 2. The minimum atomic E-state index is -0.950. The number of rotatable bonds is 4. The molecule has 0 saturated carbocycles. The van der Waals surface area contributed by atoms with Gasteiger partial charge in [-0.3, -0.25) is 9.59 Å². The number of imide groups is 1. The van der Waals surface area contributed by atoms with Crippen LogP contribution in [0, 0.1) is 25.5 Å². The van der Waals surface area contributed by atoms with Gasteiger partial charge in [0.15, 0.2) is 0 Å². The molecule has 1 aliphatic rings. The summed E-state index contributed by atoms with van der Waals surface area (Å²) in [5.41, 5.74) is 2.57. The van der Waals surface area contributed by atoms with Crippen LogP contribution < -0.4 is 4.90 Å². The van der Waals surface area contributed by atoms with Gasteiger partial charge in [-0.1, -0.05) is 30.7 Å². The number of carbonyl (C=O) groups is 2. The van der Waals surface area contributed by atoms with Crippen molar-refractivity contribution in [2.24, 2.45) is 0 Å². The van der Waals surface area contributed by atoms with Crippen molar-refractivity contribution < 1.29 is 18.4 Å². The van der Waals surface area contributed by atoms with Crippen molar-refractivity contribution in [3.63, 3.8) is 0 Å². The van der Waals surface area contributed by atoms with Crippen LogP contribution in [0.3, 0.4) is 0 Å². The third kappa shape index (κ3) is 3.05. The van der Waals surface area contributed by atoms with E-state index in [1.807, 2.05) is 32.9 Å². The van der Waals surface area contributed by atoms with Gasteiger partial charge in [0.25, 0.3) is 11.8 Å². The van der Waals surface area contributed by atoms with E-state index in [1.54, 1.807) is 6.07 Å². The van der Waals surface area contributed by atoms with E-state index >= 15 is 0 Å². The predicted octanol–water partition coefficient (Wildman–Crippen LogP) is 4.62. The van der Waals surface area contributed by atoms with E-state index in [1.165, 1.54) is 11.8 Å². The number of thioether (sulfide) groups is 1. The highest BCUT2D eigenvalue weighted by Gasteiger charge is 2.41. The minimum absolute atomic E-state index is 0.240. The smallest absolute Gasteiger partial charge is 0.268 e. The van der Waals surface area contributed by atoms with Crippen LogP contribution in [0.15, 0.2) is 41.3 Å². The topological polar surface area (TPSA) is 37.4 Å². The first-order valence-electron chi connectivity index (χ1n) is 8.13. The lowest BCUT2D eigenvalue weighted by molar-refractivity contribution is -0.119. The fourth-order valence-corrected chi connectivity index (χ4v) is 3.85. The van der Waals surface area contributed by atoms with Crippen LogP contribution in [-0.4, -0.2) is 17.6 Å². The Morgan fingerprint density at radius 3 is 2.35 bits per heavy atom. The molecule has 0 spiro atoms. The number of aryl methyl sites for hydroxylation is 2. The Morgan fingerprint density at radius 2 is 1.73 bits per heavy atom. The van der Waals surface area contributed by atoms with Crippen LogP contribution in [0.4, 0.5) is 14.5 Å². The summed E-state index contributed by atoms with van der Waals surface area (Å²) in [7, 11) is 0. The van der Waals surface area contributed by atoms with Crippen LogP contribution in [0.2, 0.25) is 0 Å². The maximum atomic E-state index is 14.2. The second-order valence-electron chi connectivity index (χ2n) is 6.00. The number of nitrogens with zero attached hydrogens (tertiary/aromatic N) is 1. The summed E-state index contributed by atoms with van der Waals surface area (Å²) in [6.45, 7) is 5.67. The van der Waals surface area contributed by atoms with E-state index in [0.717, 1.165) is 28.2 Å². The van der Waals surface area contributed by atoms with Crippen molar-refractivity contribution in [3.8, 4) is 0 Å². The van der Waals surface area contributed by atoms with Gasteiger partial charge in [0.05, 0.1) is 16.2 Å². The average Bonchev–Trinajstić information content (AvgIpc) is 2.80. The van der Waals surface area contributed by atoms with Crippen molar-refractivity contribution >= 4 is 34.8 Å². The Hall–Kier alpha value is -2.47. The second-order valence-corrected chi connectivity index (χ2v) is 7.27. The van der Waals surface area contributed by atoms with E-state index in [2.05, 4.69) is 0 Å². The zero-order chi connectivity index (χ0) is 19.0. The lowest BCUT2D eigenvalue weighted by Gasteiger charge is -2.16. The fourth-order valence-electron chi connectivity index (χ4n) is 3.00. The zero-order valence-corrected chi connectivity index (χ0v) is 15.4. The molecule has 3 rings (SSSR count). The van der Waals surface area contributed by atoms with Crippen LogP contribution in [-0.2, 0) is 9.59 Å². The van der Waals surface area contributed by atoms with E-state index in [9.17, 15) is 18.4 Å². The molecule has 2 aromatic rings. The van der Waals surface area contributed by atoms with Crippen molar-refractivity contribution in [2.45, 2.75) is 20.8 Å². The molecule has 134 valence electrons. The van der Waals surface area contributed by atoms with Gasteiger partial charge in [-0.25, -0.2) is 13.7 Å². The third-order valence-electron chi connectivity index (χ3n) is 4.13. The van der Waals surface area contributed by atoms with Gasteiger partial charge in [0.1, 0.15) is 11.6 Å². The Bertz CT molecular complexity index is 953. The average molecular weight is 373 g/mol. The van der Waals surface area contributed by atoms with Crippen molar-refractivity contribution in [3.05, 3.63) is 69.6 Å². The Balaban J connectivity index is 2.15. The number of hydrogen-bond acceptors (Lipinski definition) is 3. The summed E-state index contributed by atoms with van der Waals surface area (Å²) in [5, 5.41) is 0. The van der Waals surface area contributed by atoms with E-state index in [4.69, 9.17) is 0 Å². The first-order chi connectivity index (χ1) is 12.3. The van der Waals surface area contributed by atoms with E-state index in [-0.39, 0.29) is 16.2 Å². The maximum absolute atomic E-state index is 14.2. The molecule has 2 amide bonds. The Kier molecular flexibility index (Phi) is 4.96. The normalized spacial score (nSPS) is 14.6. The standard InChI is InChI=1S/C20H17F2NO2S/c1-4-26-18-17(14-7-5-11(2)9-12(14)3)19(24)23(20(18)25)16-8-6-13(21)10-15(16)22/h5-10H,4H2,1-3H3. The highest BCUT2D eigenvalue weighted by Crippen LogP contribution is 2.40. The van der Waals surface area contributed by atoms with Crippen molar-refractivity contribution in [1.29, 1.82) is 0 Å². The molecular formula is C20H17F2NO2S. The molecule has 2 aromatic carbocycles. The van der Waals surface area contributed by atoms with Gasteiger partial charge in [0, 0.05) is 6.07 Å². The van der Waals surface area contributed by atoms with Crippen LogP contribution in [0.1, 0.15) is 23.6 Å². The summed E-state index contributed by atoms with van der Waals surface area (Å²) < 4.78 is 27.4. The van der Waals surface area contributed by atoms with Gasteiger partial charge in [0.2, 0.25) is 0 Å². The molecule has 0 unspecified atom stereocenters. The summed E-state index contributed by atoms with van der Waals surface area (Å²) in [6.07, 6.45) is 0. The van der Waals surface area contributed by atoms with Gasteiger partial charge in [-0.05, 0) is 42.9 Å². The number of anilines is 1. The lowest BCUT2D eigenvalue weighted by Crippen LogP contribution is -2.32. The molecule has 0 aliphatic carbocycles. The molecule has 26 heavy (non-hydrogen) atoms.